The lowest BCUT2D eigenvalue weighted by atomic mass is 9.98. The van der Waals surface area contributed by atoms with Crippen LogP contribution < -0.4 is 5.32 Å². The molecule has 1 heterocycles. The van der Waals surface area contributed by atoms with E-state index in [0.29, 0.717) is 17.9 Å². The molecule has 86 valence electrons. The maximum Gasteiger partial charge on any atom is 0.231 e. The normalized spacial score (nSPS) is 15.6. The second-order valence-electron chi connectivity index (χ2n) is 4.24. The number of hydrogen-bond acceptors (Lipinski definition) is 4. The molecule has 0 aliphatic carbocycles. The summed E-state index contributed by atoms with van der Waals surface area (Å²) in [5.41, 5.74) is 0. The largest absolute Gasteiger partial charge is 0.339 e. The van der Waals surface area contributed by atoms with Crippen LogP contribution in [0.3, 0.4) is 0 Å². The van der Waals surface area contributed by atoms with Gasteiger partial charge in [0.2, 0.25) is 5.89 Å². The fourth-order valence-corrected chi connectivity index (χ4v) is 1.58. The zero-order chi connectivity index (χ0) is 11.4. The van der Waals surface area contributed by atoms with E-state index in [0.717, 1.165) is 18.1 Å². The maximum absolute atomic E-state index is 5.30. The molecule has 0 saturated heterocycles. The van der Waals surface area contributed by atoms with Gasteiger partial charge < -0.3 is 9.84 Å². The van der Waals surface area contributed by atoms with Gasteiger partial charge in [0.15, 0.2) is 5.82 Å². The van der Waals surface area contributed by atoms with Gasteiger partial charge in [0.05, 0.1) is 5.92 Å². The first-order valence-corrected chi connectivity index (χ1v) is 5.60. The summed E-state index contributed by atoms with van der Waals surface area (Å²) in [6, 6.07) is 0.357. The highest BCUT2D eigenvalue weighted by atomic mass is 16.5. The Morgan fingerprint density at radius 3 is 2.40 bits per heavy atom. The highest BCUT2D eigenvalue weighted by molar-refractivity contribution is 4.99. The van der Waals surface area contributed by atoms with Crippen LogP contribution in [-0.4, -0.2) is 23.2 Å². The fraction of sp³-hybridized carbons (Fsp3) is 0.818. The minimum atomic E-state index is 0.301. The zero-order valence-corrected chi connectivity index (χ0v) is 10.2. The molecule has 1 N–H and O–H groups in total. The molecule has 0 fully saturated rings. The number of likely N-dealkylation sites (N-methyl/N-ethyl adjacent to an activating group) is 1. The maximum atomic E-state index is 5.30. The van der Waals surface area contributed by atoms with Crippen molar-refractivity contribution in [3.05, 3.63) is 11.7 Å². The van der Waals surface area contributed by atoms with Crippen molar-refractivity contribution in [3.8, 4) is 0 Å². The summed E-state index contributed by atoms with van der Waals surface area (Å²) in [6.45, 7) is 8.40. The Kier molecular flexibility index (Phi) is 4.27. The summed E-state index contributed by atoms with van der Waals surface area (Å²) in [6.07, 6.45) is 1.00. The molecular formula is C11H21N3O. The average molecular weight is 211 g/mol. The quantitative estimate of drug-likeness (QED) is 0.812. The van der Waals surface area contributed by atoms with Gasteiger partial charge in [0.25, 0.3) is 0 Å². The van der Waals surface area contributed by atoms with Gasteiger partial charge in [-0.05, 0) is 20.4 Å². The Balaban J connectivity index is 2.83. The second-order valence-corrected chi connectivity index (χ2v) is 4.24. The summed E-state index contributed by atoms with van der Waals surface area (Å²) in [4.78, 5) is 4.43. The molecule has 2 atom stereocenters. The van der Waals surface area contributed by atoms with Gasteiger partial charge in [0.1, 0.15) is 0 Å². The van der Waals surface area contributed by atoms with E-state index in [-0.39, 0.29) is 0 Å². The first kappa shape index (κ1) is 12.2. The van der Waals surface area contributed by atoms with Crippen LogP contribution in [0.25, 0.3) is 0 Å². The van der Waals surface area contributed by atoms with Crippen molar-refractivity contribution in [1.29, 1.82) is 0 Å². The Morgan fingerprint density at radius 2 is 2.00 bits per heavy atom. The summed E-state index contributed by atoms with van der Waals surface area (Å²) in [5, 5.41) is 7.21. The van der Waals surface area contributed by atoms with Gasteiger partial charge in [-0.1, -0.05) is 25.9 Å². The molecule has 4 nitrogen and oxygen atoms in total. The van der Waals surface area contributed by atoms with E-state index >= 15 is 0 Å². The molecule has 0 spiro atoms. The smallest absolute Gasteiger partial charge is 0.231 e. The van der Waals surface area contributed by atoms with Crippen LogP contribution in [0.5, 0.6) is 0 Å². The van der Waals surface area contributed by atoms with Crippen LogP contribution in [0.15, 0.2) is 4.52 Å². The van der Waals surface area contributed by atoms with Gasteiger partial charge in [0, 0.05) is 12.0 Å². The molecule has 1 aromatic heterocycles. The van der Waals surface area contributed by atoms with Crippen LogP contribution in [0.2, 0.25) is 0 Å². The van der Waals surface area contributed by atoms with E-state index in [1.165, 1.54) is 0 Å². The topological polar surface area (TPSA) is 51.0 Å². The third kappa shape index (κ3) is 2.78. The van der Waals surface area contributed by atoms with Crippen LogP contribution >= 0.6 is 0 Å². The van der Waals surface area contributed by atoms with Crippen LogP contribution in [0.4, 0.5) is 0 Å². The molecule has 0 aromatic carbocycles. The number of aromatic nitrogens is 2. The van der Waals surface area contributed by atoms with Gasteiger partial charge in [-0.15, -0.1) is 0 Å². The molecule has 1 aromatic rings. The third-order valence-electron chi connectivity index (χ3n) is 2.79. The Morgan fingerprint density at radius 1 is 1.33 bits per heavy atom. The van der Waals surface area contributed by atoms with Crippen LogP contribution in [0.1, 0.15) is 57.7 Å². The van der Waals surface area contributed by atoms with Gasteiger partial charge >= 0.3 is 0 Å². The average Bonchev–Trinajstić information content (AvgIpc) is 2.68. The molecule has 0 saturated carbocycles. The number of nitrogens with zero attached hydrogens (tertiary/aromatic N) is 2. The molecule has 4 heteroatoms. The van der Waals surface area contributed by atoms with E-state index in [1.807, 2.05) is 7.05 Å². The summed E-state index contributed by atoms with van der Waals surface area (Å²) in [5.74, 6) is 2.18. The van der Waals surface area contributed by atoms with Crippen molar-refractivity contribution in [2.75, 3.05) is 7.05 Å². The standard InChI is InChI=1S/C11H21N3O/c1-6-9(8(4)12-5)11-13-10(7(2)3)14-15-11/h7-9,12H,6H2,1-5H3. The van der Waals surface area contributed by atoms with E-state index in [9.17, 15) is 0 Å². The molecule has 0 amide bonds. The third-order valence-corrected chi connectivity index (χ3v) is 2.79. The lowest BCUT2D eigenvalue weighted by Crippen LogP contribution is -2.28. The Bertz CT molecular complexity index is 296. The molecule has 0 aliphatic rings. The Hall–Kier alpha value is -0.900. The zero-order valence-electron chi connectivity index (χ0n) is 10.2. The van der Waals surface area contributed by atoms with Crippen LogP contribution in [-0.2, 0) is 0 Å². The first-order valence-electron chi connectivity index (χ1n) is 5.60. The minimum absolute atomic E-state index is 0.301. The number of rotatable bonds is 5. The van der Waals surface area contributed by atoms with Crippen molar-refractivity contribution in [2.24, 2.45) is 0 Å². The molecule has 0 radical (unpaired) electrons. The van der Waals surface area contributed by atoms with Crippen molar-refractivity contribution in [3.63, 3.8) is 0 Å². The van der Waals surface area contributed by atoms with Gasteiger partial charge in [-0.25, -0.2) is 0 Å². The van der Waals surface area contributed by atoms with E-state index in [4.69, 9.17) is 4.52 Å². The predicted molar refractivity (Wildman–Crippen MR) is 59.9 cm³/mol. The monoisotopic (exact) mass is 211 g/mol. The molecule has 0 bridgehead atoms. The van der Waals surface area contributed by atoms with Gasteiger partial charge in [-0.3, -0.25) is 0 Å². The SMILES string of the molecule is CCC(c1nc(C(C)C)no1)C(C)NC. The van der Waals surface area contributed by atoms with E-state index < -0.39 is 0 Å². The highest BCUT2D eigenvalue weighted by Crippen LogP contribution is 2.23. The summed E-state index contributed by atoms with van der Waals surface area (Å²) < 4.78 is 5.30. The van der Waals surface area contributed by atoms with Crippen molar-refractivity contribution in [1.82, 2.24) is 15.5 Å². The highest BCUT2D eigenvalue weighted by Gasteiger charge is 2.22. The minimum Gasteiger partial charge on any atom is -0.339 e. The van der Waals surface area contributed by atoms with Crippen molar-refractivity contribution >= 4 is 0 Å². The van der Waals surface area contributed by atoms with E-state index in [2.05, 4.69) is 43.2 Å². The van der Waals surface area contributed by atoms with Crippen molar-refractivity contribution < 1.29 is 4.52 Å². The fourth-order valence-electron chi connectivity index (χ4n) is 1.58. The van der Waals surface area contributed by atoms with Crippen molar-refractivity contribution in [2.45, 2.75) is 52.0 Å². The summed E-state index contributed by atoms with van der Waals surface area (Å²) in [7, 11) is 1.95. The second kappa shape index (κ2) is 5.26. The first-order chi connectivity index (χ1) is 7.10. The lowest BCUT2D eigenvalue weighted by Gasteiger charge is -2.17. The predicted octanol–water partition coefficient (Wildman–Crippen LogP) is 2.29. The van der Waals surface area contributed by atoms with Gasteiger partial charge in [-0.2, -0.15) is 4.98 Å². The van der Waals surface area contributed by atoms with E-state index in [1.54, 1.807) is 0 Å². The number of nitrogens with one attached hydrogen (secondary N) is 1. The lowest BCUT2D eigenvalue weighted by molar-refractivity contribution is 0.319. The number of hydrogen-bond donors (Lipinski definition) is 1. The van der Waals surface area contributed by atoms with Crippen LogP contribution in [0, 0.1) is 0 Å². The molecule has 0 aliphatic heterocycles. The molecule has 15 heavy (non-hydrogen) atoms. The summed E-state index contributed by atoms with van der Waals surface area (Å²) >= 11 is 0. The molecular weight excluding hydrogens is 190 g/mol. The molecule has 1 rings (SSSR count). The molecule has 2 unspecified atom stereocenters. The Labute approximate surface area is 91.5 Å².